The van der Waals surface area contributed by atoms with E-state index in [1.54, 1.807) is 23.5 Å². The molecule has 3 unspecified atom stereocenters. The fraction of sp³-hybridized carbons (Fsp3) is 0.333. The van der Waals surface area contributed by atoms with Crippen molar-refractivity contribution in [2.75, 3.05) is 6.61 Å². The van der Waals surface area contributed by atoms with Crippen LogP contribution < -0.4 is 0 Å². The molecule has 0 saturated carbocycles. The Morgan fingerprint density at radius 1 is 1.07 bits per heavy atom. The van der Waals surface area contributed by atoms with E-state index in [1.165, 1.54) is 17.0 Å². The second-order valence-corrected chi connectivity index (χ2v) is 8.96. The van der Waals surface area contributed by atoms with E-state index in [-0.39, 0.29) is 18.8 Å². The van der Waals surface area contributed by atoms with Crippen LogP contribution in [0.4, 0.5) is 4.39 Å². The van der Waals surface area contributed by atoms with Crippen LogP contribution in [0.25, 0.3) is 10.4 Å². The monoisotopic (exact) mass is 428 g/mol. The van der Waals surface area contributed by atoms with Crippen molar-refractivity contribution in [1.82, 2.24) is 0 Å². The van der Waals surface area contributed by atoms with E-state index in [0.717, 1.165) is 33.6 Å². The molecule has 0 aliphatic carbocycles. The Morgan fingerprint density at radius 3 is 2.57 bits per heavy atom. The molecule has 1 fully saturated rings. The van der Waals surface area contributed by atoms with Gasteiger partial charge in [-0.2, -0.15) is 0 Å². The van der Waals surface area contributed by atoms with E-state index >= 15 is 0 Å². The molecule has 3 N–H and O–H groups in total. The summed E-state index contributed by atoms with van der Waals surface area (Å²) in [5.74, 6) is -0.247. The molecular weight excluding hydrogens is 403 g/mol. The Kier molecular flexibility index (Phi) is 6.32. The molecule has 158 valence electrons. The first kappa shape index (κ1) is 21.2. The van der Waals surface area contributed by atoms with Gasteiger partial charge in [-0.25, -0.2) is 4.39 Å². The summed E-state index contributed by atoms with van der Waals surface area (Å²) < 4.78 is 19.0. The molecule has 4 nitrogen and oxygen atoms in total. The number of aliphatic hydroxyl groups is 3. The summed E-state index contributed by atoms with van der Waals surface area (Å²) >= 11 is 1.67. The number of thiophene rings is 1. The van der Waals surface area contributed by atoms with Gasteiger partial charge in [0.2, 0.25) is 0 Å². The lowest BCUT2D eigenvalue weighted by molar-refractivity contribution is -0.179. The van der Waals surface area contributed by atoms with Gasteiger partial charge >= 0.3 is 0 Å². The summed E-state index contributed by atoms with van der Waals surface area (Å²) in [6, 6.07) is 16.5. The summed E-state index contributed by atoms with van der Waals surface area (Å²) in [4.78, 5) is 2.26. The summed E-state index contributed by atoms with van der Waals surface area (Å²) in [7, 11) is 0. The molecule has 0 spiro atoms. The largest absolute Gasteiger partial charge is 0.394 e. The third kappa shape index (κ3) is 4.48. The maximum Gasteiger partial charge on any atom is 0.123 e. The number of aliphatic hydroxyl groups excluding tert-OH is 3. The van der Waals surface area contributed by atoms with Crippen LogP contribution in [0.1, 0.15) is 34.1 Å². The van der Waals surface area contributed by atoms with E-state index in [1.807, 2.05) is 31.2 Å². The number of ether oxygens (including phenoxy) is 1. The molecular formula is C24H25FO4S. The number of halogens is 1. The van der Waals surface area contributed by atoms with Crippen LogP contribution in [0.2, 0.25) is 0 Å². The second kappa shape index (κ2) is 8.96. The molecule has 2 aromatic carbocycles. The predicted octanol–water partition coefficient (Wildman–Crippen LogP) is 4.00. The smallest absolute Gasteiger partial charge is 0.123 e. The molecule has 0 radical (unpaired) electrons. The van der Waals surface area contributed by atoms with Gasteiger partial charge in [0, 0.05) is 22.6 Å². The Bertz CT molecular complexity index is 1000. The Morgan fingerprint density at radius 2 is 1.83 bits per heavy atom. The highest BCUT2D eigenvalue weighted by molar-refractivity contribution is 7.15. The molecule has 3 aromatic rings. The molecule has 1 aliphatic heterocycles. The second-order valence-electron chi connectivity index (χ2n) is 7.79. The lowest BCUT2D eigenvalue weighted by atomic mass is 9.91. The fourth-order valence-corrected chi connectivity index (χ4v) is 4.87. The minimum Gasteiger partial charge on any atom is -0.394 e. The SMILES string of the molecule is Cc1ccc(C2OC(CO)C[C@H](O)C2O)cc1Cc1ccc(-c2ccc(F)cc2)s1. The van der Waals surface area contributed by atoms with Gasteiger partial charge in [-0.1, -0.05) is 30.3 Å². The molecule has 4 atom stereocenters. The molecule has 0 amide bonds. The molecule has 1 aromatic heterocycles. The third-order valence-electron chi connectivity index (χ3n) is 5.61. The van der Waals surface area contributed by atoms with Crippen LogP contribution in [0, 0.1) is 12.7 Å². The lowest BCUT2D eigenvalue weighted by Gasteiger charge is -2.37. The highest BCUT2D eigenvalue weighted by Crippen LogP contribution is 2.34. The van der Waals surface area contributed by atoms with Crippen molar-refractivity contribution in [2.45, 2.75) is 44.2 Å². The minimum absolute atomic E-state index is 0.194. The molecule has 2 heterocycles. The highest BCUT2D eigenvalue weighted by atomic mass is 32.1. The first-order valence-electron chi connectivity index (χ1n) is 10.0. The van der Waals surface area contributed by atoms with Crippen molar-refractivity contribution in [3.63, 3.8) is 0 Å². The highest BCUT2D eigenvalue weighted by Gasteiger charge is 2.37. The van der Waals surface area contributed by atoms with Gasteiger partial charge in [-0.3, -0.25) is 0 Å². The predicted molar refractivity (Wildman–Crippen MR) is 115 cm³/mol. The van der Waals surface area contributed by atoms with E-state index in [0.29, 0.717) is 0 Å². The summed E-state index contributed by atoms with van der Waals surface area (Å²) in [5, 5.41) is 30.0. The zero-order valence-electron chi connectivity index (χ0n) is 16.7. The minimum atomic E-state index is -1.03. The molecule has 4 rings (SSSR count). The average Bonchev–Trinajstić information content (AvgIpc) is 3.20. The van der Waals surface area contributed by atoms with Gasteiger partial charge in [-0.15, -0.1) is 11.3 Å². The maximum atomic E-state index is 13.2. The average molecular weight is 429 g/mol. The van der Waals surface area contributed by atoms with Gasteiger partial charge in [0.1, 0.15) is 18.0 Å². The quantitative estimate of drug-likeness (QED) is 0.575. The first-order valence-corrected chi connectivity index (χ1v) is 10.8. The summed E-state index contributed by atoms with van der Waals surface area (Å²) in [6.07, 6.45) is -2.19. The van der Waals surface area contributed by atoms with E-state index < -0.39 is 24.4 Å². The van der Waals surface area contributed by atoms with E-state index in [4.69, 9.17) is 4.74 Å². The molecule has 6 heteroatoms. The van der Waals surface area contributed by atoms with Crippen LogP contribution in [-0.4, -0.2) is 40.2 Å². The number of rotatable bonds is 5. The molecule has 30 heavy (non-hydrogen) atoms. The molecule has 0 bridgehead atoms. The van der Waals surface area contributed by atoms with Crippen LogP contribution in [0.5, 0.6) is 0 Å². The van der Waals surface area contributed by atoms with Crippen molar-refractivity contribution < 1.29 is 24.4 Å². The van der Waals surface area contributed by atoms with Crippen molar-refractivity contribution in [3.05, 3.63) is 82.0 Å². The number of hydrogen-bond acceptors (Lipinski definition) is 5. The number of aryl methyl sites for hydroxylation is 1. The first-order chi connectivity index (χ1) is 14.4. The van der Waals surface area contributed by atoms with Gasteiger partial charge < -0.3 is 20.1 Å². The van der Waals surface area contributed by atoms with Crippen molar-refractivity contribution in [3.8, 4) is 10.4 Å². The normalized spacial score (nSPS) is 24.2. The fourth-order valence-electron chi connectivity index (χ4n) is 3.84. The number of benzene rings is 2. The molecule has 1 saturated heterocycles. The van der Waals surface area contributed by atoms with Gasteiger partial charge in [0.25, 0.3) is 0 Å². The van der Waals surface area contributed by atoms with Crippen LogP contribution in [0.15, 0.2) is 54.6 Å². The zero-order valence-corrected chi connectivity index (χ0v) is 17.5. The van der Waals surface area contributed by atoms with E-state index in [9.17, 15) is 19.7 Å². The summed E-state index contributed by atoms with van der Waals surface area (Å²) in [6.45, 7) is 1.84. The Labute approximate surface area is 179 Å². The van der Waals surface area contributed by atoms with Crippen LogP contribution in [0.3, 0.4) is 0 Å². The topological polar surface area (TPSA) is 69.9 Å². The van der Waals surface area contributed by atoms with Crippen molar-refractivity contribution in [1.29, 1.82) is 0 Å². The van der Waals surface area contributed by atoms with Crippen molar-refractivity contribution >= 4 is 11.3 Å². The van der Waals surface area contributed by atoms with Gasteiger partial charge in [0.15, 0.2) is 0 Å². The zero-order chi connectivity index (χ0) is 21.3. The number of hydrogen-bond donors (Lipinski definition) is 3. The van der Waals surface area contributed by atoms with Crippen molar-refractivity contribution in [2.24, 2.45) is 0 Å². The van der Waals surface area contributed by atoms with Crippen LogP contribution in [-0.2, 0) is 11.2 Å². The standard InChI is InChI=1S/C24H25FO4S/c1-14-2-3-16(24-23(28)21(27)12-19(13-26)29-24)10-17(14)11-20-8-9-22(30-20)15-4-6-18(25)7-5-15/h2-10,19,21,23-24,26-28H,11-13H2,1H3/t19?,21-,23?,24?/m0/s1. The third-order valence-corrected chi connectivity index (χ3v) is 6.74. The lowest BCUT2D eigenvalue weighted by Crippen LogP contribution is -2.44. The Balaban J connectivity index is 1.56. The van der Waals surface area contributed by atoms with Gasteiger partial charge in [0.05, 0.1) is 18.8 Å². The van der Waals surface area contributed by atoms with Crippen LogP contribution >= 0.6 is 11.3 Å². The summed E-state index contributed by atoms with van der Waals surface area (Å²) in [5.41, 5.74) is 4.01. The maximum absolute atomic E-state index is 13.2. The Hall–Kier alpha value is -2.09. The van der Waals surface area contributed by atoms with Gasteiger partial charge in [-0.05, 0) is 53.4 Å². The van der Waals surface area contributed by atoms with E-state index in [2.05, 4.69) is 6.07 Å². The molecule has 1 aliphatic rings.